The Morgan fingerprint density at radius 3 is 2.78 bits per heavy atom. The summed E-state index contributed by atoms with van der Waals surface area (Å²) in [6.45, 7) is 1.61. The van der Waals surface area contributed by atoms with Gasteiger partial charge < -0.3 is 15.6 Å². The molecule has 0 aliphatic heterocycles. The highest BCUT2D eigenvalue weighted by molar-refractivity contribution is 5.97. The minimum atomic E-state index is -0.614. The van der Waals surface area contributed by atoms with Gasteiger partial charge in [-0.05, 0) is 25.8 Å². The molecule has 1 aromatic rings. The van der Waals surface area contributed by atoms with Crippen LogP contribution in [-0.4, -0.2) is 28.9 Å². The molecule has 18 heavy (non-hydrogen) atoms. The minimum absolute atomic E-state index is 0.198. The second-order valence-corrected chi connectivity index (χ2v) is 4.42. The third-order valence-electron chi connectivity index (χ3n) is 2.70. The van der Waals surface area contributed by atoms with Crippen molar-refractivity contribution in [2.45, 2.75) is 31.8 Å². The van der Waals surface area contributed by atoms with Gasteiger partial charge in [0.25, 0.3) is 5.91 Å². The van der Waals surface area contributed by atoms with E-state index >= 15 is 0 Å². The fraction of sp³-hybridized carbons (Fsp3) is 0.417. The lowest BCUT2D eigenvalue weighted by molar-refractivity contribution is -0.122. The van der Waals surface area contributed by atoms with Gasteiger partial charge in [-0.3, -0.25) is 14.4 Å². The molecule has 1 atom stereocenters. The van der Waals surface area contributed by atoms with Crippen LogP contribution in [0.5, 0.6) is 0 Å². The first-order chi connectivity index (χ1) is 8.56. The average molecular weight is 249 g/mol. The van der Waals surface area contributed by atoms with Crippen LogP contribution in [-0.2, 0) is 4.79 Å². The van der Waals surface area contributed by atoms with Crippen molar-refractivity contribution in [3.63, 3.8) is 0 Å². The quantitative estimate of drug-likeness (QED) is 0.688. The zero-order valence-electron chi connectivity index (χ0n) is 10.0. The maximum atomic E-state index is 11.8. The van der Waals surface area contributed by atoms with Gasteiger partial charge in [-0.25, -0.2) is 0 Å². The number of hydrogen-bond donors (Lipinski definition) is 3. The second kappa shape index (κ2) is 5.03. The van der Waals surface area contributed by atoms with Crippen molar-refractivity contribution >= 4 is 11.8 Å². The van der Waals surface area contributed by atoms with Crippen LogP contribution < -0.4 is 16.2 Å². The molecule has 1 aliphatic rings. The molecule has 1 saturated carbocycles. The molecule has 3 N–H and O–H groups in total. The molecule has 1 fully saturated rings. The van der Waals surface area contributed by atoms with Gasteiger partial charge in [0.1, 0.15) is 6.04 Å². The Morgan fingerprint density at radius 1 is 1.44 bits per heavy atom. The zero-order valence-corrected chi connectivity index (χ0v) is 10.0. The van der Waals surface area contributed by atoms with Crippen molar-refractivity contribution in [3.8, 4) is 0 Å². The number of rotatable bonds is 4. The Balaban J connectivity index is 1.93. The van der Waals surface area contributed by atoms with Gasteiger partial charge in [0.05, 0.1) is 0 Å². The molecule has 2 amide bonds. The van der Waals surface area contributed by atoms with E-state index in [4.69, 9.17) is 0 Å². The summed E-state index contributed by atoms with van der Waals surface area (Å²) < 4.78 is 0. The second-order valence-electron chi connectivity index (χ2n) is 4.42. The summed E-state index contributed by atoms with van der Waals surface area (Å²) in [5.74, 6) is -0.629. The van der Waals surface area contributed by atoms with Crippen molar-refractivity contribution in [1.29, 1.82) is 0 Å². The van der Waals surface area contributed by atoms with E-state index in [2.05, 4.69) is 15.6 Å². The van der Waals surface area contributed by atoms with Crippen LogP contribution in [0.4, 0.5) is 0 Å². The van der Waals surface area contributed by atoms with Gasteiger partial charge in [0.2, 0.25) is 11.5 Å². The van der Waals surface area contributed by atoms with E-state index in [1.807, 2.05) is 0 Å². The number of amides is 2. The van der Waals surface area contributed by atoms with Gasteiger partial charge in [0, 0.05) is 23.9 Å². The number of pyridine rings is 1. The van der Waals surface area contributed by atoms with Crippen LogP contribution in [0.25, 0.3) is 0 Å². The lowest BCUT2D eigenvalue weighted by atomic mass is 10.2. The number of hydrogen-bond acceptors (Lipinski definition) is 3. The summed E-state index contributed by atoms with van der Waals surface area (Å²) in [5, 5.41) is 5.35. The number of aromatic nitrogens is 1. The fourth-order valence-electron chi connectivity index (χ4n) is 1.49. The van der Waals surface area contributed by atoms with Crippen LogP contribution in [0.1, 0.15) is 30.1 Å². The highest BCUT2D eigenvalue weighted by Crippen LogP contribution is 2.18. The summed E-state index contributed by atoms with van der Waals surface area (Å²) in [7, 11) is 0. The SMILES string of the molecule is CC(NC(=O)c1cc[nH]c(=O)c1)C(=O)NC1CC1. The Morgan fingerprint density at radius 2 is 2.17 bits per heavy atom. The standard InChI is InChI=1S/C12H15N3O3/c1-7(11(17)15-9-2-3-9)14-12(18)8-4-5-13-10(16)6-8/h4-7,9H,2-3H2,1H3,(H,13,16)(H,14,18)(H,15,17). The van der Waals surface area contributed by atoms with Crippen LogP contribution in [0.3, 0.4) is 0 Å². The van der Waals surface area contributed by atoms with Gasteiger partial charge >= 0.3 is 0 Å². The lowest BCUT2D eigenvalue weighted by Crippen LogP contribution is -2.45. The molecule has 6 nitrogen and oxygen atoms in total. The molecule has 1 aromatic heterocycles. The topological polar surface area (TPSA) is 91.1 Å². The smallest absolute Gasteiger partial charge is 0.252 e. The molecule has 6 heteroatoms. The molecule has 0 aromatic carbocycles. The first-order valence-electron chi connectivity index (χ1n) is 5.86. The van der Waals surface area contributed by atoms with Gasteiger partial charge in [-0.2, -0.15) is 0 Å². The van der Waals surface area contributed by atoms with Gasteiger partial charge in [-0.15, -0.1) is 0 Å². The number of nitrogens with one attached hydrogen (secondary N) is 3. The van der Waals surface area contributed by atoms with Gasteiger partial charge in [-0.1, -0.05) is 0 Å². The molecule has 0 saturated heterocycles. The normalized spacial score (nSPS) is 15.8. The summed E-state index contributed by atoms with van der Waals surface area (Å²) in [5.41, 5.74) is -0.109. The largest absolute Gasteiger partial charge is 0.352 e. The monoisotopic (exact) mass is 249 g/mol. The maximum absolute atomic E-state index is 11.8. The Labute approximate surface area is 104 Å². The van der Waals surface area contributed by atoms with Crippen molar-refractivity contribution in [3.05, 3.63) is 34.2 Å². The van der Waals surface area contributed by atoms with Crippen molar-refractivity contribution in [2.75, 3.05) is 0 Å². The summed E-state index contributed by atoms with van der Waals surface area (Å²) >= 11 is 0. The van der Waals surface area contributed by atoms with Crippen molar-refractivity contribution < 1.29 is 9.59 Å². The highest BCUT2D eigenvalue weighted by Gasteiger charge is 2.26. The highest BCUT2D eigenvalue weighted by atomic mass is 16.2. The number of aromatic amines is 1. The van der Waals surface area contributed by atoms with Crippen LogP contribution in [0, 0.1) is 0 Å². The van der Waals surface area contributed by atoms with Crippen molar-refractivity contribution in [2.24, 2.45) is 0 Å². The summed E-state index contributed by atoms with van der Waals surface area (Å²) in [6.07, 6.45) is 3.40. The Bertz CT molecular complexity index is 519. The van der Waals surface area contributed by atoms with E-state index in [0.29, 0.717) is 0 Å². The van der Waals surface area contributed by atoms with E-state index in [1.165, 1.54) is 18.3 Å². The lowest BCUT2D eigenvalue weighted by Gasteiger charge is -2.13. The number of carbonyl (C=O) groups excluding carboxylic acids is 2. The number of H-pyrrole nitrogens is 1. The van der Waals surface area contributed by atoms with Crippen LogP contribution >= 0.6 is 0 Å². The fourth-order valence-corrected chi connectivity index (χ4v) is 1.49. The predicted molar refractivity (Wildman–Crippen MR) is 65.2 cm³/mol. The molecule has 1 aliphatic carbocycles. The summed E-state index contributed by atoms with van der Waals surface area (Å²) in [6, 6.07) is 2.33. The molecule has 1 unspecified atom stereocenters. The third kappa shape index (κ3) is 3.19. The van der Waals surface area contributed by atoms with Crippen LogP contribution in [0.2, 0.25) is 0 Å². The molecule has 0 bridgehead atoms. The molecular formula is C12H15N3O3. The first-order valence-corrected chi connectivity index (χ1v) is 5.86. The van der Waals surface area contributed by atoms with E-state index in [0.717, 1.165) is 12.8 Å². The molecule has 0 spiro atoms. The van der Waals surface area contributed by atoms with Crippen LogP contribution in [0.15, 0.2) is 23.1 Å². The van der Waals surface area contributed by atoms with E-state index in [-0.39, 0.29) is 23.1 Å². The third-order valence-corrected chi connectivity index (χ3v) is 2.70. The Kier molecular flexibility index (Phi) is 3.45. The van der Waals surface area contributed by atoms with E-state index in [1.54, 1.807) is 6.92 Å². The Hall–Kier alpha value is -2.11. The molecular weight excluding hydrogens is 234 g/mol. The molecule has 0 radical (unpaired) electrons. The minimum Gasteiger partial charge on any atom is -0.352 e. The molecule has 1 heterocycles. The maximum Gasteiger partial charge on any atom is 0.252 e. The molecule has 96 valence electrons. The predicted octanol–water partition coefficient (Wildman–Crippen LogP) is -0.228. The van der Waals surface area contributed by atoms with Crippen molar-refractivity contribution in [1.82, 2.24) is 15.6 Å². The zero-order chi connectivity index (χ0) is 13.1. The average Bonchev–Trinajstić information content (AvgIpc) is 3.12. The van der Waals surface area contributed by atoms with E-state index < -0.39 is 11.9 Å². The van der Waals surface area contributed by atoms with E-state index in [9.17, 15) is 14.4 Å². The number of carbonyl (C=O) groups is 2. The molecule has 2 rings (SSSR count). The first kappa shape index (κ1) is 12.3. The van der Waals surface area contributed by atoms with Gasteiger partial charge in [0.15, 0.2) is 0 Å². The summed E-state index contributed by atoms with van der Waals surface area (Å²) in [4.78, 5) is 36.9.